The van der Waals surface area contributed by atoms with Crippen LogP contribution in [0.1, 0.15) is 45.3 Å². The van der Waals surface area contributed by atoms with Gasteiger partial charge in [-0.3, -0.25) is 0 Å². The summed E-state index contributed by atoms with van der Waals surface area (Å²) < 4.78 is 7.78. The van der Waals surface area contributed by atoms with Gasteiger partial charge in [-0.25, -0.2) is 14.6 Å². The van der Waals surface area contributed by atoms with Gasteiger partial charge in [-0.15, -0.1) is 0 Å². The maximum Gasteiger partial charge on any atom is 0.299 e. The molecule has 1 atom stereocenters. The van der Waals surface area contributed by atoms with E-state index in [1.807, 2.05) is 16.8 Å². The van der Waals surface area contributed by atoms with Crippen molar-refractivity contribution in [1.29, 1.82) is 0 Å². The molecule has 28 heavy (non-hydrogen) atoms. The second-order valence-electron chi connectivity index (χ2n) is 8.25. The first-order valence-electron chi connectivity index (χ1n) is 10.0. The number of piperidine rings is 1. The lowest BCUT2D eigenvalue weighted by molar-refractivity contribution is 0.0562. The van der Waals surface area contributed by atoms with E-state index in [-0.39, 0.29) is 0 Å². The van der Waals surface area contributed by atoms with Gasteiger partial charge in [0.15, 0.2) is 11.4 Å². The third-order valence-corrected chi connectivity index (χ3v) is 5.06. The predicted molar refractivity (Wildman–Crippen MR) is 106 cm³/mol. The third-order valence-electron chi connectivity index (χ3n) is 5.06. The highest BCUT2D eigenvalue weighted by Gasteiger charge is 2.26. The zero-order chi connectivity index (χ0) is 19.7. The first kappa shape index (κ1) is 18.9. The Bertz CT molecular complexity index is 909. The van der Waals surface area contributed by atoms with Crippen LogP contribution < -0.4 is 4.90 Å². The fourth-order valence-corrected chi connectivity index (χ4v) is 3.78. The molecule has 3 aromatic rings. The number of rotatable bonds is 6. The number of oxazole rings is 1. The van der Waals surface area contributed by atoms with Gasteiger partial charge in [-0.1, -0.05) is 6.92 Å². The highest BCUT2D eigenvalue weighted by molar-refractivity contribution is 5.69. The molecule has 1 aliphatic heterocycles. The number of hydrogen-bond donors (Lipinski definition) is 1. The smallest absolute Gasteiger partial charge is 0.299 e. The van der Waals surface area contributed by atoms with Crippen LogP contribution in [0.2, 0.25) is 0 Å². The van der Waals surface area contributed by atoms with Crippen LogP contribution in [0.4, 0.5) is 6.01 Å². The summed E-state index contributed by atoms with van der Waals surface area (Å²) in [6.07, 6.45) is 5.56. The Hall–Kier alpha value is -2.48. The summed E-state index contributed by atoms with van der Waals surface area (Å²) in [5, 5.41) is 14.8. The normalized spacial score (nSPS) is 18.1. The van der Waals surface area contributed by atoms with Crippen molar-refractivity contribution in [2.75, 3.05) is 18.0 Å². The summed E-state index contributed by atoms with van der Waals surface area (Å²) in [4.78, 5) is 15.7. The van der Waals surface area contributed by atoms with E-state index in [1.54, 1.807) is 20.0 Å². The van der Waals surface area contributed by atoms with Crippen LogP contribution in [0.25, 0.3) is 11.2 Å². The minimum atomic E-state index is -0.822. The average molecular weight is 384 g/mol. The molecule has 3 aromatic heterocycles. The van der Waals surface area contributed by atoms with E-state index >= 15 is 0 Å². The number of hydrogen-bond acceptors (Lipinski definition) is 7. The molecule has 4 heterocycles. The summed E-state index contributed by atoms with van der Waals surface area (Å²) in [5.74, 6) is 2.22. The first-order chi connectivity index (χ1) is 13.4. The SMILES string of the molecule is CCc1nc(CC2CCCN(c3nc4ncccc4o3)C2)n(CC(C)(C)O)n1. The van der Waals surface area contributed by atoms with Gasteiger partial charge >= 0.3 is 0 Å². The van der Waals surface area contributed by atoms with Gasteiger partial charge in [0.1, 0.15) is 5.82 Å². The lowest BCUT2D eigenvalue weighted by Crippen LogP contribution is -2.37. The Morgan fingerprint density at radius 3 is 2.93 bits per heavy atom. The first-order valence-corrected chi connectivity index (χ1v) is 10.0. The Labute approximate surface area is 164 Å². The van der Waals surface area contributed by atoms with E-state index < -0.39 is 5.60 Å². The second-order valence-corrected chi connectivity index (χ2v) is 8.25. The molecular weight excluding hydrogens is 356 g/mol. The van der Waals surface area contributed by atoms with E-state index in [0.29, 0.717) is 24.1 Å². The highest BCUT2D eigenvalue weighted by atomic mass is 16.4. The molecule has 0 aromatic carbocycles. The molecule has 8 nitrogen and oxygen atoms in total. The monoisotopic (exact) mass is 384 g/mol. The number of anilines is 1. The Morgan fingerprint density at radius 2 is 2.18 bits per heavy atom. The van der Waals surface area contributed by atoms with Crippen molar-refractivity contribution in [2.45, 2.75) is 58.6 Å². The minimum Gasteiger partial charge on any atom is -0.422 e. The zero-order valence-corrected chi connectivity index (χ0v) is 16.8. The van der Waals surface area contributed by atoms with Gasteiger partial charge in [0.2, 0.25) is 5.65 Å². The third kappa shape index (κ3) is 4.16. The van der Waals surface area contributed by atoms with Crippen LogP contribution in [0, 0.1) is 5.92 Å². The number of fused-ring (bicyclic) bond motifs is 1. The lowest BCUT2D eigenvalue weighted by Gasteiger charge is -2.31. The summed E-state index contributed by atoms with van der Waals surface area (Å²) in [6, 6.07) is 4.40. The van der Waals surface area contributed by atoms with Gasteiger partial charge in [0.25, 0.3) is 6.01 Å². The van der Waals surface area contributed by atoms with Crippen LogP contribution in [-0.2, 0) is 19.4 Å². The molecule has 1 aliphatic rings. The van der Waals surface area contributed by atoms with E-state index in [4.69, 9.17) is 9.40 Å². The molecule has 1 unspecified atom stereocenters. The average Bonchev–Trinajstić information content (AvgIpc) is 3.25. The summed E-state index contributed by atoms with van der Waals surface area (Å²) >= 11 is 0. The molecule has 4 rings (SSSR count). The molecule has 1 fully saturated rings. The van der Waals surface area contributed by atoms with Crippen molar-refractivity contribution < 1.29 is 9.52 Å². The van der Waals surface area contributed by atoms with E-state index in [2.05, 4.69) is 26.9 Å². The van der Waals surface area contributed by atoms with Crippen molar-refractivity contribution in [1.82, 2.24) is 24.7 Å². The summed E-state index contributed by atoms with van der Waals surface area (Å²) in [6.45, 7) is 7.89. The maximum absolute atomic E-state index is 10.2. The highest BCUT2D eigenvalue weighted by Crippen LogP contribution is 2.27. The molecule has 1 saturated heterocycles. The molecule has 0 spiro atoms. The summed E-state index contributed by atoms with van der Waals surface area (Å²) in [5.41, 5.74) is 0.548. The van der Waals surface area contributed by atoms with Crippen LogP contribution >= 0.6 is 0 Å². The minimum absolute atomic E-state index is 0.436. The van der Waals surface area contributed by atoms with Gasteiger partial charge < -0.3 is 14.4 Å². The largest absolute Gasteiger partial charge is 0.422 e. The van der Waals surface area contributed by atoms with Crippen LogP contribution in [0.15, 0.2) is 22.7 Å². The van der Waals surface area contributed by atoms with Crippen LogP contribution in [0.5, 0.6) is 0 Å². The number of pyridine rings is 1. The standard InChI is InChI=1S/C20H28N6O2/c1-4-16-22-17(26(24-16)13-20(2,3)27)11-14-7-6-10-25(12-14)19-23-18-15(28-19)8-5-9-21-18/h5,8-9,14,27H,4,6-7,10-13H2,1-3H3. The molecule has 0 bridgehead atoms. The Balaban J connectivity index is 1.50. The fraction of sp³-hybridized carbons (Fsp3) is 0.600. The van der Waals surface area contributed by atoms with Crippen LogP contribution in [-0.4, -0.2) is 48.5 Å². The lowest BCUT2D eigenvalue weighted by atomic mass is 9.94. The topological polar surface area (TPSA) is 93.1 Å². The van der Waals surface area contributed by atoms with Crippen molar-refractivity contribution in [3.05, 3.63) is 30.0 Å². The van der Waals surface area contributed by atoms with E-state index in [9.17, 15) is 5.11 Å². The number of aryl methyl sites for hydroxylation is 1. The van der Waals surface area contributed by atoms with Gasteiger partial charge in [-0.2, -0.15) is 10.1 Å². The number of aliphatic hydroxyl groups is 1. The van der Waals surface area contributed by atoms with Gasteiger partial charge in [0, 0.05) is 32.1 Å². The van der Waals surface area contributed by atoms with Crippen LogP contribution in [0.3, 0.4) is 0 Å². The number of nitrogens with zero attached hydrogens (tertiary/aromatic N) is 6. The van der Waals surface area contributed by atoms with Gasteiger partial charge in [0.05, 0.1) is 12.1 Å². The number of aromatic nitrogens is 5. The second kappa shape index (κ2) is 7.50. The zero-order valence-electron chi connectivity index (χ0n) is 16.8. The maximum atomic E-state index is 10.2. The molecule has 150 valence electrons. The molecule has 1 N–H and O–H groups in total. The van der Waals surface area contributed by atoms with Gasteiger partial charge in [-0.05, 0) is 44.7 Å². The molecule has 0 saturated carbocycles. The van der Waals surface area contributed by atoms with E-state index in [1.165, 1.54) is 0 Å². The predicted octanol–water partition coefficient (Wildman–Crippen LogP) is 2.61. The van der Waals surface area contributed by atoms with Crippen molar-refractivity contribution in [3.63, 3.8) is 0 Å². The Kier molecular flexibility index (Phi) is 5.05. The summed E-state index contributed by atoms with van der Waals surface area (Å²) in [7, 11) is 0. The molecule has 0 radical (unpaired) electrons. The molecule has 0 aliphatic carbocycles. The molecule has 8 heteroatoms. The van der Waals surface area contributed by atoms with Crippen molar-refractivity contribution in [3.8, 4) is 0 Å². The van der Waals surface area contributed by atoms with Crippen molar-refractivity contribution in [2.24, 2.45) is 5.92 Å². The fourth-order valence-electron chi connectivity index (χ4n) is 3.78. The Morgan fingerprint density at radius 1 is 1.32 bits per heavy atom. The van der Waals surface area contributed by atoms with E-state index in [0.717, 1.165) is 56.0 Å². The van der Waals surface area contributed by atoms with Crippen molar-refractivity contribution >= 4 is 17.2 Å². The molecule has 0 amide bonds. The quantitative estimate of drug-likeness (QED) is 0.698. The molecular formula is C20H28N6O2.